The summed E-state index contributed by atoms with van der Waals surface area (Å²) in [5, 5.41) is 2.78. The SMILES string of the molecule is COc1ncccc1NC(=O)N(C)Cc1ccccc1. The largest absolute Gasteiger partial charge is 0.480 e. The number of carbonyl (C=O) groups excluding carboxylic acids is 1. The standard InChI is InChI=1S/C15H17N3O2/c1-18(11-12-7-4-3-5-8-12)15(19)17-13-9-6-10-16-14(13)20-2/h3-10H,11H2,1-2H3,(H,17,19). The summed E-state index contributed by atoms with van der Waals surface area (Å²) >= 11 is 0. The van der Waals surface area contributed by atoms with E-state index in [0.29, 0.717) is 18.1 Å². The fraction of sp³-hybridized carbons (Fsp3) is 0.200. The number of amides is 2. The monoisotopic (exact) mass is 271 g/mol. The molecule has 0 unspecified atom stereocenters. The van der Waals surface area contributed by atoms with Gasteiger partial charge < -0.3 is 15.0 Å². The zero-order valence-electron chi connectivity index (χ0n) is 11.5. The highest BCUT2D eigenvalue weighted by Crippen LogP contribution is 2.20. The van der Waals surface area contributed by atoms with Gasteiger partial charge in [0.05, 0.1) is 7.11 Å². The Bertz CT molecular complexity index is 572. The van der Waals surface area contributed by atoms with Crippen molar-refractivity contribution < 1.29 is 9.53 Å². The van der Waals surface area contributed by atoms with Crippen LogP contribution in [-0.2, 0) is 6.54 Å². The van der Waals surface area contributed by atoms with Gasteiger partial charge in [-0.3, -0.25) is 0 Å². The molecule has 0 atom stereocenters. The van der Waals surface area contributed by atoms with E-state index in [2.05, 4.69) is 10.3 Å². The molecule has 104 valence electrons. The Kier molecular flexibility index (Phi) is 4.55. The van der Waals surface area contributed by atoms with E-state index in [9.17, 15) is 4.79 Å². The maximum absolute atomic E-state index is 12.1. The molecule has 5 nitrogen and oxygen atoms in total. The Morgan fingerprint density at radius 2 is 2.00 bits per heavy atom. The van der Waals surface area contributed by atoms with Crippen LogP contribution in [0.25, 0.3) is 0 Å². The lowest BCUT2D eigenvalue weighted by Gasteiger charge is -2.18. The van der Waals surface area contributed by atoms with Crippen LogP contribution in [0.15, 0.2) is 48.7 Å². The molecule has 2 aromatic rings. The lowest BCUT2D eigenvalue weighted by molar-refractivity contribution is 0.220. The first-order chi connectivity index (χ1) is 9.70. The van der Waals surface area contributed by atoms with Crippen molar-refractivity contribution in [1.82, 2.24) is 9.88 Å². The Morgan fingerprint density at radius 3 is 2.70 bits per heavy atom. The van der Waals surface area contributed by atoms with E-state index in [-0.39, 0.29) is 6.03 Å². The van der Waals surface area contributed by atoms with Gasteiger partial charge in [0.15, 0.2) is 0 Å². The van der Waals surface area contributed by atoms with Crippen LogP contribution in [0.2, 0.25) is 0 Å². The van der Waals surface area contributed by atoms with Crippen molar-refractivity contribution in [2.24, 2.45) is 0 Å². The predicted octanol–water partition coefficient (Wildman–Crippen LogP) is 2.75. The molecule has 0 saturated carbocycles. The van der Waals surface area contributed by atoms with Gasteiger partial charge in [-0.05, 0) is 17.7 Å². The van der Waals surface area contributed by atoms with Gasteiger partial charge in [0.25, 0.3) is 0 Å². The third-order valence-electron chi connectivity index (χ3n) is 2.82. The molecule has 1 aromatic carbocycles. The first-order valence-electron chi connectivity index (χ1n) is 6.25. The van der Waals surface area contributed by atoms with Crippen LogP contribution < -0.4 is 10.1 Å². The second kappa shape index (κ2) is 6.56. The molecule has 2 amide bonds. The number of anilines is 1. The molecule has 0 aliphatic heterocycles. The van der Waals surface area contributed by atoms with E-state index in [0.717, 1.165) is 5.56 Å². The average molecular weight is 271 g/mol. The number of nitrogens with one attached hydrogen (secondary N) is 1. The summed E-state index contributed by atoms with van der Waals surface area (Å²) < 4.78 is 5.10. The van der Waals surface area contributed by atoms with Crippen molar-refractivity contribution in [3.8, 4) is 5.88 Å². The molecule has 0 radical (unpaired) electrons. The summed E-state index contributed by atoms with van der Waals surface area (Å²) in [6.45, 7) is 0.537. The highest BCUT2D eigenvalue weighted by molar-refractivity contribution is 5.90. The number of benzene rings is 1. The number of urea groups is 1. The molecule has 0 spiro atoms. The Morgan fingerprint density at radius 1 is 1.25 bits per heavy atom. The zero-order valence-corrected chi connectivity index (χ0v) is 11.5. The van der Waals surface area contributed by atoms with Crippen LogP contribution in [0.3, 0.4) is 0 Å². The van der Waals surface area contributed by atoms with Gasteiger partial charge in [-0.15, -0.1) is 0 Å². The number of methoxy groups -OCH3 is 1. The number of aromatic nitrogens is 1. The maximum Gasteiger partial charge on any atom is 0.322 e. The maximum atomic E-state index is 12.1. The Hall–Kier alpha value is -2.56. The minimum Gasteiger partial charge on any atom is -0.480 e. The summed E-state index contributed by atoms with van der Waals surface area (Å²) in [7, 11) is 3.26. The third kappa shape index (κ3) is 3.47. The third-order valence-corrected chi connectivity index (χ3v) is 2.82. The number of carbonyl (C=O) groups is 1. The Labute approximate surface area is 118 Å². The summed E-state index contributed by atoms with van der Waals surface area (Å²) in [4.78, 5) is 17.8. The second-order valence-corrected chi connectivity index (χ2v) is 4.33. The topological polar surface area (TPSA) is 54.5 Å². The highest BCUT2D eigenvalue weighted by atomic mass is 16.5. The van der Waals surface area contributed by atoms with Gasteiger partial charge in [0, 0.05) is 19.8 Å². The zero-order chi connectivity index (χ0) is 14.4. The minimum absolute atomic E-state index is 0.208. The predicted molar refractivity (Wildman–Crippen MR) is 77.7 cm³/mol. The summed E-state index contributed by atoms with van der Waals surface area (Å²) in [5.41, 5.74) is 1.63. The quantitative estimate of drug-likeness (QED) is 0.930. The van der Waals surface area contributed by atoms with Crippen LogP contribution in [0, 0.1) is 0 Å². The number of nitrogens with zero attached hydrogens (tertiary/aromatic N) is 2. The molecule has 0 aliphatic rings. The van der Waals surface area contributed by atoms with Gasteiger partial charge in [-0.1, -0.05) is 30.3 Å². The molecule has 1 aromatic heterocycles. The number of rotatable bonds is 4. The molecular weight excluding hydrogens is 254 g/mol. The van der Waals surface area contributed by atoms with Gasteiger partial charge >= 0.3 is 6.03 Å². The molecule has 5 heteroatoms. The van der Waals surface area contributed by atoms with Gasteiger partial charge in [-0.25, -0.2) is 9.78 Å². The minimum atomic E-state index is -0.208. The lowest BCUT2D eigenvalue weighted by Crippen LogP contribution is -2.31. The van der Waals surface area contributed by atoms with E-state index in [4.69, 9.17) is 4.74 Å². The van der Waals surface area contributed by atoms with Crippen LogP contribution in [-0.4, -0.2) is 30.1 Å². The van der Waals surface area contributed by atoms with Crippen molar-refractivity contribution >= 4 is 11.7 Å². The summed E-state index contributed by atoms with van der Waals surface area (Å²) in [5.74, 6) is 0.397. The van der Waals surface area contributed by atoms with E-state index >= 15 is 0 Å². The van der Waals surface area contributed by atoms with Crippen molar-refractivity contribution in [2.45, 2.75) is 6.54 Å². The summed E-state index contributed by atoms with van der Waals surface area (Å²) in [6.07, 6.45) is 1.61. The second-order valence-electron chi connectivity index (χ2n) is 4.33. The van der Waals surface area contributed by atoms with E-state index in [1.54, 1.807) is 30.3 Å². The van der Waals surface area contributed by atoms with Crippen molar-refractivity contribution in [2.75, 3.05) is 19.5 Å². The van der Waals surface area contributed by atoms with Gasteiger partial charge in [-0.2, -0.15) is 0 Å². The first kappa shape index (κ1) is 13.9. The smallest absolute Gasteiger partial charge is 0.322 e. The highest BCUT2D eigenvalue weighted by Gasteiger charge is 2.12. The van der Waals surface area contributed by atoms with E-state index < -0.39 is 0 Å². The average Bonchev–Trinajstić information content (AvgIpc) is 2.48. The van der Waals surface area contributed by atoms with Crippen molar-refractivity contribution in [3.05, 3.63) is 54.2 Å². The van der Waals surface area contributed by atoms with Crippen LogP contribution in [0.5, 0.6) is 5.88 Å². The van der Waals surface area contributed by atoms with Crippen LogP contribution >= 0.6 is 0 Å². The van der Waals surface area contributed by atoms with E-state index in [1.165, 1.54) is 7.11 Å². The molecule has 0 bridgehead atoms. The van der Waals surface area contributed by atoms with E-state index in [1.807, 2.05) is 30.3 Å². The molecule has 1 heterocycles. The molecular formula is C15H17N3O2. The number of pyridine rings is 1. The Balaban J connectivity index is 2.01. The molecule has 0 aliphatic carbocycles. The fourth-order valence-corrected chi connectivity index (χ4v) is 1.79. The first-order valence-corrected chi connectivity index (χ1v) is 6.25. The number of ether oxygens (including phenoxy) is 1. The lowest BCUT2D eigenvalue weighted by atomic mass is 10.2. The molecule has 1 N–H and O–H groups in total. The van der Waals surface area contributed by atoms with Crippen LogP contribution in [0.4, 0.5) is 10.5 Å². The normalized spacial score (nSPS) is 9.90. The molecule has 0 saturated heterocycles. The number of hydrogen-bond acceptors (Lipinski definition) is 3. The fourth-order valence-electron chi connectivity index (χ4n) is 1.79. The molecule has 2 rings (SSSR count). The summed E-state index contributed by atoms with van der Waals surface area (Å²) in [6, 6.07) is 13.1. The number of hydrogen-bond donors (Lipinski definition) is 1. The van der Waals surface area contributed by atoms with Gasteiger partial charge in [0.2, 0.25) is 5.88 Å². The van der Waals surface area contributed by atoms with Crippen LogP contribution in [0.1, 0.15) is 5.56 Å². The molecule has 20 heavy (non-hydrogen) atoms. The van der Waals surface area contributed by atoms with Gasteiger partial charge in [0.1, 0.15) is 5.69 Å². The van der Waals surface area contributed by atoms with Crippen molar-refractivity contribution in [1.29, 1.82) is 0 Å². The van der Waals surface area contributed by atoms with Crippen molar-refractivity contribution in [3.63, 3.8) is 0 Å². The molecule has 0 fully saturated rings.